The predicted molar refractivity (Wildman–Crippen MR) is 65.0 cm³/mol. The number of aryl methyl sites for hydroxylation is 1. The van der Waals surface area contributed by atoms with E-state index in [1.54, 1.807) is 14.0 Å². The lowest BCUT2D eigenvalue weighted by atomic mass is 10.3. The van der Waals surface area contributed by atoms with Gasteiger partial charge in [0.25, 0.3) is 6.43 Å². The van der Waals surface area contributed by atoms with Crippen LogP contribution in [-0.2, 0) is 6.42 Å². The van der Waals surface area contributed by atoms with Gasteiger partial charge in [-0.25, -0.2) is 18.7 Å². The number of hydrogen-bond donors (Lipinski definition) is 0. The molecule has 1 rings (SSSR count). The van der Waals surface area contributed by atoms with Crippen LogP contribution in [0.25, 0.3) is 0 Å². The van der Waals surface area contributed by atoms with Crippen LogP contribution in [-0.4, -0.2) is 30.0 Å². The molecule has 0 atom stereocenters. The Hall–Kier alpha value is -0.970. The minimum Gasteiger partial charge on any atom is -0.354 e. The fourth-order valence-electron chi connectivity index (χ4n) is 1.52. The predicted octanol–water partition coefficient (Wildman–Crippen LogP) is 3.09. The van der Waals surface area contributed by atoms with E-state index in [-0.39, 0.29) is 6.54 Å². The molecule has 0 N–H and O–H groups in total. The first kappa shape index (κ1) is 14.1. The molecule has 0 amide bonds. The number of hydrogen-bond acceptors (Lipinski definition) is 3. The Morgan fingerprint density at radius 1 is 1.35 bits per heavy atom. The van der Waals surface area contributed by atoms with Gasteiger partial charge >= 0.3 is 0 Å². The molecule has 1 aromatic rings. The molecule has 0 aromatic carbocycles. The third kappa shape index (κ3) is 3.77. The molecule has 0 radical (unpaired) electrons. The number of rotatable bonds is 5. The zero-order valence-electron chi connectivity index (χ0n) is 10.2. The second-order valence-electron chi connectivity index (χ2n) is 3.90. The number of halogens is 3. The summed E-state index contributed by atoms with van der Waals surface area (Å²) < 4.78 is 24.7. The summed E-state index contributed by atoms with van der Waals surface area (Å²) in [4.78, 5) is 9.81. The van der Waals surface area contributed by atoms with Gasteiger partial charge < -0.3 is 4.90 Å². The van der Waals surface area contributed by atoms with E-state index in [1.165, 1.54) is 4.90 Å². The van der Waals surface area contributed by atoms with Crippen molar-refractivity contribution in [3.63, 3.8) is 0 Å². The Morgan fingerprint density at radius 3 is 2.53 bits per heavy atom. The summed E-state index contributed by atoms with van der Waals surface area (Å²) in [7, 11) is 1.58. The molecule has 17 heavy (non-hydrogen) atoms. The lowest BCUT2D eigenvalue weighted by Crippen LogP contribution is -2.26. The smallest absolute Gasteiger partial charge is 0.255 e. The van der Waals surface area contributed by atoms with Gasteiger partial charge in [0.05, 0.1) is 6.54 Å². The number of anilines is 1. The zero-order chi connectivity index (χ0) is 13.0. The molecule has 0 spiro atoms. The molecule has 0 bridgehead atoms. The van der Waals surface area contributed by atoms with Crippen molar-refractivity contribution in [1.82, 2.24) is 9.97 Å². The Balaban J connectivity index is 3.04. The van der Waals surface area contributed by atoms with Crippen molar-refractivity contribution >= 4 is 17.4 Å². The summed E-state index contributed by atoms with van der Waals surface area (Å²) in [6, 6.07) is 0. The first-order valence-electron chi connectivity index (χ1n) is 5.48. The maximum absolute atomic E-state index is 12.3. The van der Waals surface area contributed by atoms with E-state index >= 15 is 0 Å². The van der Waals surface area contributed by atoms with Crippen LogP contribution < -0.4 is 4.90 Å². The third-order valence-corrected chi connectivity index (χ3v) is 2.72. The monoisotopic (exact) mass is 263 g/mol. The molecule has 96 valence electrons. The summed E-state index contributed by atoms with van der Waals surface area (Å²) >= 11 is 5.97. The van der Waals surface area contributed by atoms with E-state index in [0.717, 1.165) is 6.42 Å². The molecule has 1 aromatic heterocycles. The van der Waals surface area contributed by atoms with Crippen molar-refractivity contribution in [3.8, 4) is 0 Å². The maximum atomic E-state index is 12.3. The van der Waals surface area contributed by atoms with Crippen LogP contribution >= 0.6 is 11.6 Å². The van der Waals surface area contributed by atoms with E-state index in [2.05, 4.69) is 9.97 Å². The minimum absolute atomic E-state index is 0.333. The third-order valence-electron chi connectivity index (χ3n) is 2.35. The molecule has 0 fully saturated rings. The van der Waals surface area contributed by atoms with Crippen LogP contribution in [0.15, 0.2) is 0 Å². The van der Waals surface area contributed by atoms with E-state index in [0.29, 0.717) is 28.8 Å². The molecule has 3 nitrogen and oxygen atoms in total. The summed E-state index contributed by atoms with van der Waals surface area (Å²) in [5, 5.41) is 0.333. The van der Waals surface area contributed by atoms with Gasteiger partial charge in [-0.05, 0) is 13.3 Å². The fourth-order valence-corrected chi connectivity index (χ4v) is 1.70. The normalized spacial score (nSPS) is 11.0. The van der Waals surface area contributed by atoms with Crippen LogP contribution in [0.5, 0.6) is 0 Å². The summed E-state index contributed by atoms with van der Waals surface area (Å²) in [6.45, 7) is 3.37. The van der Waals surface area contributed by atoms with Gasteiger partial charge in [-0.3, -0.25) is 0 Å². The van der Waals surface area contributed by atoms with Crippen molar-refractivity contribution in [2.75, 3.05) is 18.5 Å². The molecule has 1 heterocycles. The van der Waals surface area contributed by atoms with Gasteiger partial charge in [-0.1, -0.05) is 18.5 Å². The van der Waals surface area contributed by atoms with Crippen LogP contribution in [0, 0.1) is 6.92 Å². The van der Waals surface area contributed by atoms with Gasteiger partial charge in [0, 0.05) is 19.0 Å². The topological polar surface area (TPSA) is 29.0 Å². The summed E-state index contributed by atoms with van der Waals surface area (Å²) in [5.74, 6) is 1.08. The van der Waals surface area contributed by atoms with Crippen molar-refractivity contribution < 1.29 is 8.78 Å². The van der Waals surface area contributed by atoms with Crippen molar-refractivity contribution in [2.45, 2.75) is 33.1 Å². The molecular weight excluding hydrogens is 248 g/mol. The number of alkyl halides is 2. The van der Waals surface area contributed by atoms with Gasteiger partial charge in [-0.15, -0.1) is 0 Å². The van der Waals surface area contributed by atoms with Gasteiger partial charge in [0.15, 0.2) is 0 Å². The van der Waals surface area contributed by atoms with Crippen molar-refractivity contribution in [3.05, 3.63) is 16.5 Å². The van der Waals surface area contributed by atoms with E-state index < -0.39 is 6.43 Å². The molecule has 0 aliphatic rings. The second kappa shape index (κ2) is 6.10. The largest absolute Gasteiger partial charge is 0.354 e. The van der Waals surface area contributed by atoms with Gasteiger partial charge in [0.2, 0.25) is 0 Å². The van der Waals surface area contributed by atoms with Crippen LogP contribution in [0.3, 0.4) is 0 Å². The molecule has 0 saturated carbocycles. The lowest BCUT2D eigenvalue weighted by molar-refractivity contribution is 0.156. The zero-order valence-corrected chi connectivity index (χ0v) is 10.9. The van der Waals surface area contributed by atoms with E-state index in [1.807, 2.05) is 6.92 Å². The standard InChI is InChI=1S/C11H16ClF2N3/c1-4-5-9-15-10(12)7(2)11(16-9)17(3)6-8(13)14/h8H,4-6H2,1-3H3. The number of nitrogens with zero attached hydrogens (tertiary/aromatic N) is 3. The van der Waals surface area contributed by atoms with Gasteiger partial charge in [0.1, 0.15) is 16.8 Å². The van der Waals surface area contributed by atoms with Crippen molar-refractivity contribution in [1.29, 1.82) is 0 Å². The molecule has 0 saturated heterocycles. The van der Waals surface area contributed by atoms with E-state index in [4.69, 9.17) is 11.6 Å². The molecule has 0 unspecified atom stereocenters. The highest BCUT2D eigenvalue weighted by atomic mass is 35.5. The first-order chi connectivity index (χ1) is 7.95. The Labute approximate surface area is 105 Å². The Kier molecular flexibility index (Phi) is 5.05. The summed E-state index contributed by atoms with van der Waals surface area (Å²) in [6.07, 6.45) is -0.824. The highest BCUT2D eigenvalue weighted by Gasteiger charge is 2.15. The van der Waals surface area contributed by atoms with E-state index in [9.17, 15) is 8.78 Å². The SMILES string of the molecule is CCCc1nc(Cl)c(C)c(N(C)CC(F)F)n1. The minimum atomic E-state index is -2.40. The number of aromatic nitrogens is 2. The quantitative estimate of drug-likeness (QED) is 0.765. The highest BCUT2D eigenvalue weighted by Crippen LogP contribution is 2.23. The molecule has 0 aliphatic heterocycles. The van der Waals surface area contributed by atoms with Gasteiger partial charge in [-0.2, -0.15) is 0 Å². The van der Waals surface area contributed by atoms with Crippen LogP contribution in [0.4, 0.5) is 14.6 Å². The Morgan fingerprint density at radius 2 is 2.00 bits per heavy atom. The molecule has 6 heteroatoms. The maximum Gasteiger partial charge on any atom is 0.255 e. The summed E-state index contributed by atoms with van der Waals surface area (Å²) in [5.41, 5.74) is 0.634. The first-order valence-corrected chi connectivity index (χ1v) is 5.85. The fraction of sp³-hybridized carbons (Fsp3) is 0.636. The molecular formula is C11H16ClF2N3. The average Bonchev–Trinajstić information content (AvgIpc) is 2.22. The lowest BCUT2D eigenvalue weighted by Gasteiger charge is -2.20. The Bertz CT molecular complexity index is 385. The van der Waals surface area contributed by atoms with Crippen LogP contribution in [0.1, 0.15) is 24.7 Å². The van der Waals surface area contributed by atoms with Crippen LogP contribution in [0.2, 0.25) is 5.15 Å². The van der Waals surface area contributed by atoms with Crippen molar-refractivity contribution in [2.24, 2.45) is 0 Å². The molecule has 0 aliphatic carbocycles. The highest BCUT2D eigenvalue weighted by molar-refractivity contribution is 6.30. The second-order valence-corrected chi connectivity index (χ2v) is 4.26. The average molecular weight is 264 g/mol.